The summed E-state index contributed by atoms with van der Waals surface area (Å²) in [6, 6.07) is 9.83. The topological polar surface area (TPSA) is 46.3 Å². The van der Waals surface area contributed by atoms with E-state index in [0.29, 0.717) is 13.0 Å². The van der Waals surface area contributed by atoms with Gasteiger partial charge in [-0.25, -0.2) is 0 Å². The van der Waals surface area contributed by atoms with Gasteiger partial charge in [0.25, 0.3) is 0 Å². The summed E-state index contributed by atoms with van der Waals surface area (Å²) in [7, 11) is 0. The van der Waals surface area contributed by atoms with Crippen LogP contribution in [0.3, 0.4) is 0 Å². The molecule has 0 saturated carbocycles. The molecule has 0 unspecified atom stereocenters. The Kier molecular flexibility index (Phi) is 5.57. The van der Waals surface area contributed by atoms with Gasteiger partial charge in [0.2, 0.25) is 5.91 Å². The summed E-state index contributed by atoms with van der Waals surface area (Å²) >= 11 is 0. The quantitative estimate of drug-likeness (QED) is 0.788. The fraction of sp³-hybridized carbons (Fsp3) is 0.462. The summed E-state index contributed by atoms with van der Waals surface area (Å²) < 4.78 is 0. The Hall–Kier alpha value is -1.35. The smallest absolute Gasteiger partial charge is 0.226 e. The van der Waals surface area contributed by atoms with Gasteiger partial charge in [-0.2, -0.15) is 0 Å². The van der Waals surface area contributed by atoms with Crippen molar-refractivity contribution in [3.05, 3.63) is 35.9 Å². The highest BCUT2D eigenvalue weighted by atomic mass is 16.2. The zero-order valence-corrected chi connectivity index (χ0v) is 9.86. The summed E-state index contributed by atoms with van der Waals surface area (Å²) in [5.74, 6) is 0.183. The number of nitrogens with zero attached hydrogens (tertiary/aromatic N) is 1. The Morgan fingerprint density at radius 1 is 1.31 bits per heavy atom. The van der Waals surface area contributed by atoms with Gasteiger partial charge < -0.3 is 10.6 Å². The lowest BCUT2D eigenvalue weighted by Gasteiger charge is -2.20. The molecule has 0 bridgehead atoms. The standard InChI is InChI=1S/C13H20N2O/c1-2-15(10-6-9-14)13(16)11-12-7-4-3-5-8-12/h3-5,7-8H,2,6,9-11,14H2,1H3. The molecule has 1 rings (SSSR count). The monoisotopic (exact) mass is 220 g/mol. The third kappa shape index (κ3) is 4.03. The van der Waals surface area contributed by atoms with Crippen LogP contribution in [0.1, 0.15) is 18.9 Å². The van der Waals surface area contributed by atoms with Crippen LogP contribution in [0.2, 0.25) is 0 Å². The summed E-state index contributed by atoms with van der Waals surface area (Å²) in [4.78, 5) is 13.8. The zero-order valence-electron chi connectivity index (χ0n) is 9.86. The molecule has 16 heavy (non-hydrogen) atoms. The first-order valence-electron chi connectivity index (χ1n) is 5.79. The largest absolute Gasteiger partial charge is 0.343 e. The molecule has 1 amide bonds. The Labute approximate surface area is 97.2 Å². The highest BCUT2D eigenvalue weighted by Gasteiger charge is 2.10. The van der Waals surface area contributed by atoms with Crippen LogP contribution in [0, 0.1) is 0 Å². The van der Waals surface area contributed by atoms with Gasteiger partial charge in [-0.3, -0.25) is 4.79 Å². The number of rotatable bonds is 6. The van der Waals surface area contributed by atoms with Gasteiger partial charge in [0, 0.05) is 13.1 Å². The van der Waals surface area contributed by atoms with Crippen molar-refractivity contribution in [3.8, 4) is 0 Å². The van der Waals surface area contributed by atoms with Gasteiger partial charge in [-0.15, -0.1) is 0 Å². The van der Waals surface area contributed by atoms with Crippen molar-refractivity contribution in [1.29, 1.82) is 0 Å². The second kappa shape index (κ2) is 7.01. The average molecular weight is 220 g/mol. The minimum atomic E-state index is 0.183. The van der Waals surface area contributed by atoms with E-state index in [1.54, 1.807) is 0 Å². The van der Waals surface area contributed by atoms with E-state index in [9.17, 15) is 4.79 Å². The van der Waals surface area contributed by atoms with E-state index in [1.807, 2.05) is 42.2 Å². The lowest BCUT2D eigenvalue weighted by molar-refractivity contribution is -0.130. The van der Waals surface area contributed by atoms with Gasteiger partial charge in [-0.1, -0.05) is 30.3 Å². The molecule has 0 atom stereocenters. The molecule has 88 valence electrons. The highest BCUT2D eigenvalue weighted by Crippen LogP contribution is 2.03. The molecular weight excluding hydrogens is 200 g/mol. The summed E-state index contributed by atoms with van der Waals surface area (Å²) in [5, 5.41) is 0. The predicted octanol–water partition coefficient (Wildman–Crippen LogP) is 1.43. The second-order valence-electron chi connectivity index (χ2n) is 3.78. The van der Waals surface area contributed by atoms with Crippen molar-refractivity contribution >= 4 is 5.91 Å². The minimum Gasteiger partial charge on any atom is -0.343 e. The van der Waals surface area contributed by atoms with Crippen molar-refractivity contribution < 1.29 is 4.79 Å². The molecule has 0 heterocycles. The number of hydrogen-bond acceptors (Lipinski definition) is 2. The summed E-state index contributed by atoms with van der Waals surface area (Å²) in [6.07, 6.45) is 1.35. The third-order valence-electron chi connectivity index (χ3n) is 2.56. The number of likely N-dealkylation sites (N-methyl/N-ethyl adjacent to an activating group) is 1. The SMILES string of the molecule is CCN(CCCN)C(=O)Cc1ccccc1. The van der Waals surface area contributed by atoms with Gasteiger partial charge in [-0.05, 0) is 25.5 Å². The van der Waals surface area contributed by atoms with E-state index in [4.69, 9.17) is 5.73 Å². The van der Waals surface area contributed by atoms with Crippen LogP contribution in [0.5, 0.6) is 0 Å². The molecule has 0 aliphatic heterocycles. The van der Waals surface area contributed by atoms with E-state index < -0.39 is 0 Å². The third-order valence-corrected chi connectivity index (χ3v) is 2.56. The Bertz CT molecular complexity index is 311. The maximum atomic E-state index is 11.9. The van der Waals surface area contributed by atoms with E-state index >= 15 is 0 Å². The number of amides is 1. The van der Waals surface area contributed by atoms with Crippen LogP contribution in [0.4, 0.5) is 0 Å². The van der Waals surface area contributed by atoms with E-state index in [1.165, 1.54) is 0 Å². The summed E-state index contributed by atoms with van der Waals surface area (Å²) in [5.41, 5.74) is 6.51. The number of hydrogen-bond donors (Lipinski definition) is 1. The lowest BCUT2D eigenvalue weighted by Crippen LogP contribution is -2.33. The second-order valence-corrected chi connectivity index (χ2v) is 3.78. The molecule has 0 saturated heterocycles. The first kappa shape index (κ1) is 12.7. The van der Waals surface area contributed by atoms with Crippen LogP contribution in [0.15, 0.2) is 30.3 Å². The number of carbonyl (C=O) groups is 1. The Balaban J connectivity index is 2.49. The molecule has 0 aliphatic rings. The van der Waals surface area contributed by atoms with Crippen molar-refractivity contribution in [2.45, 2.75) is 19.8 Å². The molecule has 1 aromatic rings. The maximum Gasteiger partial charge on any atom is 0.226 e. The number of nitrogens with two attached hydrogens (primary N) is 1. The van der Waals surface area contributed by atoms with Crippen molar-refractivity contribution in [1.82, 2.24) is 4.90 Å². The first-order chi connectivity index (χ1) is 7.77. The van der Waals surface area contributed by atoms with Crippen molar-refractivity contribution in [2.75, 3.05) is 19.6 Å². The van der Waals surface area contributed by atoms with E-state index in [0.717, 1.165) is 25.1 Å². The fourth-order valence-electron chi connectivity index (χ4n) is 1.62. The van der Waals surface area contributed by atoms with Crippen molar-refractivity contribution in [2.24, 2.45) is 5.73 Å². The van der Waals surface area contributed by atoms with Gasteiger partial charge in [0.1, 0.15) is 0 Å². The van der Waals surface area contributed by atoms with Crippen LogP contribution < -0.4 is 5.73 Å². The minimum absolute atomic E-state index is 0.183. The van der Waals surface area contributed by atoms with Gasteiger partial charge in [0.15, 0.2) is 0 Å². The highest BCUT2D eigenvalue weighted by molar-refractivity contribution is 5.78. The number of benzene rings is 1. The molecule has 0 spiro atoms. The van der Waals surface area contributed by atoms with Crippen LogP contribution in [0.25, 0.3) is 0 Å². The van der Waals surface area contributed by atoms with Gasteiger partial charge in [0.05, 0.1) is 6.42 Å². The normalized spacial score (nSPS) is 10.1. The predicted molar refractivity (Wildman–Crippen MR) is 66.1 cm³/mol. The first-order valence-corrected chi connectivity index (χ1v) is 5.79. The van der Waals surface area contributed by atoms with Crippen LogP contribution in [-0.4, -0.2) is 30.4 Å². The number of carbonyl (C=O) groups excluding carboxylic acids is 1. The summed E-state index contributed by atoms with van der Waals surface area (Å²) in [6.45, 7) is 4.15. The molecule has 0 radical (unpaired) electrons. The van der Waals surface area contributed by atoms with Crippen LogP contribution in [-0.2, 0) is 11.2 Å². The Morgan fingerprint density at radius 3 is 2.56 bits per heavy atom. The Morgan fingerprint density at radius 2 is 2.00 bits per heavy atom. The molecule has 0 aliphatic carbocycles. The molecule has 3 heteroatoms. The molecule has 0 fully saturated rings. The van der Waals surface area contributed by atoms with Crippen LogP contribution >= 0.6 is 0 Å². The molecule has 0 aromatic heterocycles. The maximum absolute atomic E-state index is 11.9. The molecule has 3 nitrogen and oxygen atoms in total. The average Bonchev–Trinajstić information content (AvgIpc) is 2.31. The van der Waals surface area contributed by atoms with E-state index in [2.05, 4.69) is 0 Å². The fourth-order valence-corrected chi connectivity index (χ4v) is 1.62. The molecule has 2 N–H and O–H groups in total. The lowest BCUT2D eigenvalue weighted by atomic mass is 10.1. The van der Waals surface area contributed by atoms with Crippen molar-refractivity contribution in [3.63, 3.8) is 0 Å². The van der Waals surface area contributed by atoms with Gasteiger partial charge >= 0.3 is 0 Å². The zero-order chi connectivity index (χ0) is 11.8. The molecular formula is C13H20N2O. The molecule has 1 aromatic carbocycles. The van der Waals surface area contributed by atoms with E-state index in [-0.39, 0.29) is 5.91 Å².